The summed E-state index contributed by atoms with van der Waals surface area (Å²) in [5.74, 6) is -0.530. The third kappa shape index (κ3) is 4.85. The van der Waals surface area contributed by atoms with E-state index in [9.17, 15) is 14.4 Å². The summed E-state index contributed by atoms with van der Waals surface area (Å²) in [5, 5.41) is 3.31. The van der Waals surface area contributed by atoms with E-state index in [1.165, 1.54) is 12.1 Å². The van der Waals surface area contributed by atoms with Crippen LogP contribution in [0.2, 0.25) is 0 Å². The number of rotatable bonds is 7. The van der Waals surface area contributed by atoms with Crippen LogP contribution in [0.25, 0.3) is 11.0 Å². The van der Waals surface area contributed by atoms with Crippen LogP contribution in [0.15, 0.2) is 63.8 Å². The highest BCUT2D eigenvalue weighted by atomic mass is 16.5. The van der Waals surface area contributed by atoms with Crippen LogP contribution in [-0.4, -0.2) is 18.4 Å². The quantitative estimate of drug-likeness (QED) is 0.386. The van der Waals surface area contributed by atoms with Crippen molar-refractivity contribution >= 4 is 22.8 Å². The van der Waals surface area contributed by atoms with Crippen LogP contribution in [0.1, 0.15) is 35.7 Å². The van der Waals surface area contributed by atoms with E-state index >= 15 is 0 Å². The molecule has 1 aromatic heterocycles. The maximum absolute atomic E-state index is 12.3. The van der Waals surface area contributed by atoms with E-state index in [1.807, 2.05) is 37.3 Å². The highest BCUT2D eigenvalue weighted by molar-refractivity contribution is 5.96. The molecule has 0 spiro atoms. The zero-order valence-electron chi connectivity index (χ0n) is 15.6. The Morgan fingerprint density at radius 3 is 2.61 bits per heavy atom. The highest BCUT2D eigenvalue weighted by Gasteiger charge is 2.14. The van der Waals surface area contributed by atoms with Gasteiger partial charge in [-0.1, -0.05) is 37.3 Å². The lowest BCUT2D eigenvalue weighted by Crippen LogP contribution is -2.29. The Morgan fingerprint density at radius 2 is 1.86 bits per heavy atom. The third-order valence-corrected chi connectivity index (χ3v) is 4.18. The second-order valence-electron chi connectivity index (χ2n) is 6.36. The highest BCUT2D eigenvalue weighted by Crippen LogP contribution is 2.21. The first-order valence-corrected chi connectivity index (χ1v) is 9.17. The number of carbonyl (C=O) groups excluding carboxylic acids is 2. The Kier molecular flexibility index (Phi) is 6.22. The summed E-state index contributed by atoms with van der Waals surface area (Å²) in [6.45, 7) is 2.29. The molecule has 3 aromatic rings. The molecule has 0 radical (unpaired) electrons. The van der Waals surface area contributed by atoms with Crippen molar-refractivity contribution in [1.82, 2.24) is 5.32 Å². The minimum Gasteiger partial charge on any atom is -0.426 e. The van der Waals surface area contributed by atoms with Crippen LogP contribution in [0.3, 0.4) is 0 Å². The third-order valence-electron chi connectivity index (χ3n) is 4.18. The van der Waals surface area contributed by atoms with Crippen molar-refractivity contribution in [3.8, 4) is 5.75 Å². The molecule has 28 heavy (non-hydrogen) atoms. The number of benzene rings is 2. The zero-order valence-corrected chi connectivity index (χ0v) is 15.6. The zero-order chi connectivity index (χ0) is 19.9. The van der Waals surface area contributed by atoms with Gasteiger partial charge in [0.25, 0.3) is 5.91 Å². The number of ether oxygens (including phenoxy) is 1. The number of nitrogens with one attached hydrogen (secondary N) is 1. The summed E-state index contributed by atoms with van der Waals surface area (Å²) in [6, 6.07) is 16.0. The summed E-state index contributed by atoms with van der Waals surface area (Å²) in [4.78, 5) is 36.1. The first kappa shape index (κ1) is 19.4. The summed E-state index contributed by atoms with van der Waals surface area (Å²) in [5.41, 5.74) is 0.559. The van der Waals surface area contributed by atoms with Gasteiger partial charge in [0.05, 0.1) is 0 Å². The average molecular weight is 379 g/mol. The Balaban J connectivity index is 1.71. The molecule has 6 nitrogen and oxygen atoms in total. The first-order valence-electron chi connectivity index (χ1n) is 9.17. The van der Waals surface area contributed by atoms with Crippen molar-refractivity contribution < 1.29 is 18.7 Å². The normalized spacial score (nSPS) is 10.6. The predicted molar refractivity (Wildman–Crippen MR) is 106 cm³/mol. The van der Waals surface area contributed by atoms with Gasteiger partial charge in [-0.25, -0.2) is 4.79 Å². The van der Waals surface area contributed by atoms with Crippen molar-refractivity contribution in [3.63, 3.8) is 0 Å². The summed E-state index contributed by atoms with van der Waals surface area (Å²) in [6.07, 6.45) is 1.66. The van der Waals surface area contributed by atoms with Crippen LogP contribution in [-0.2, 0) is 11.2 Å². The van der Waals surface area contributed by atoms with Gasteiger partial charge in [-0.05, 0) is 36.6 Å². The fourth-order valence-corrected chi connectivity index (χ4v) is 2.76. The number of amides is 1. The van der Waals surface area contributed by atoms with Gasteiger partial charge in [-0.3, -0.25) is 9.59 Å². The van der Waals surface area contributed by atoms with Gasteiger partial charge in [0, 0.05) is 24.4 Å². The minimum atomic E-state index is -0.734. The molecular formula is C22H21NO5. The fourth-order valence-electron chi connectivity index (χ4n) is 2.76. The molecule has 1 heterocycles. The molecule has 1 amide bonds. The molecule has 6 heteroatoms. The molecule has 0 aliphatic rings. The topological polar surface area (TPSA) is 85.6 Å². The van der Waals surface area contributed by atoms with E-state index in [0.717, 1.165) is 5.56 Å². The molecule has 2 aromatic carbocycles. The maximum Gasteiger partial charge on any atom is 0.349 e. The first-order chi connectivity index (χ1) is 13.6. The van der Waals surface area contributed by atoms with E-state index < -0.39 is 11.5 Å². The summed E-state index contributed by atoms with van der Waals surface area (Å²) < 4.78 is 10.4. The molecule has 0 saturated heterocycles. The van der Waals surface area contributed by atoms with Crippen LogP contribution in [0.5, 0.6) is 5.75 Å². The molecule has 0 bridgehead atoms. The summed E-state index contributed by atoms with van der Waals surface area (Å²) >= 11 is 0. The lowest BCUT2D eigenvalue weighted by atomic mass is 10.1. The maximum atomic E-state index is 12.3. The van der Waals surface area contributed by atoms with E-state index in [2.05, 4.69) is 5.32 Å². The predicted octanol–water partition coefficient (Wildman–Crippen LogP) is 3.47. The van der Waals surface area contributed by atoms with E-state index in [1.54, 1.807) is 12.1 Å². The van der Waals surface area contributed by atoms with Crippen molar-refractivity contribution in [2.75, 3.05) is 6.54 Å². The largest absolute Gasteiger partial charge is 0.426 e. The Morgan fingerprint density at radius 1 is 1.07 bits per heavy atom. The summed E-state index contributed by atoms with van der Waals surface area (Å²) in [7, 11) is 0. The average Bonchev–Trinajstić information content (AvgIpc) is 2.68. The number of hydrogen-bond donors (Lipinski definition) is 1. The molecule has 144 valence electrons. The van der Waals surface area contributed by atoms with Crippen LogP contribution >= 0.6 is 0 Å². The number of fused-ring (bicyclic) bond motifs is 1. The van der Waals surface area contributed by atoms with Gasteiger partial charge in [0.15, 0.2) is 0 Å². The van der Waals surface area contributed by atoms with Gasteiger partial charge in [0.2, 0.25) is 0 Å². The van der Waals surface area contributed by atoms with E-state index in [4.69, 9.17) is 9.15 Å². The molecule has 3 rings (SSSR count). The lowest BCUT2D eigenvalue weighted by molar-refractivity contribution is -0.134. The Hall–Kier alpha value is -3.41. The SMILES string of the molecule is CCCC(=O)Oc1ccc2cc(C(=O)NCCc3ccccc3)c(=O)oc2c1. The molecule has 0 atom stereocenters. The van der Waals surface area contributed by atoms with E-state index in [-0.39, 0.29) is 17.1 Å². The van der Waals surface area contributed by atoms with Crippen LogP contribution < -0.4 is 15.7 Å². The van der Waals surface area contributed by atoms with Crippen molar-refractivity contribution in [3.05, 3.63) is 76.1 Å². The van der Waals surface area contributed by atoms with Gasteiger partial charge in [0.1, 0.15) is 16.9 Å². The number of carbonyl (C=O) groups is 2. The van der Waals surface area contributed by atoms with Gasteiger partial charge >= 0.3 is 11.6 Å². The van der Waals surface area contributed by atoms with Gasteiger partial charge in [-0.15, -0.1) is 0 Å². The van der Waals surface area contributed by atoms with Crippen LogP contribution in [0.4, 0.5) is 0 Å². The molecule has 0 aliphatic carbocycles. The Bertz CT molecular complexity index is 1040. The second kappa shape index (κ2) is 8.99. The molecule has 1 N–H and O–H groups in total. The molecular weight excluding hydrogens is 358 g/mol. The lowest BCUT2D eigenvalue weighted by Gasteiger charge is -2.07. The molecule has 0 aliphatic heterocycles. The van der Waals surface area contributed by atoms with Crippen LogP contribution in [0, 0.1) is 0 Å². The second-order valence-corrected chi connectivity index (χ2v) is 6.36. The van der Waals surface area contributed by atoms with Crippen molar-refractivity contribution in [2.24, 2.45) is 0 Å². The molecule has 0 unspecified atom stereocenters. The van der Waals surface area contributed by atoms with Gasteiger partial charge < -0.3 is 14.5 Å². The van der Waals surface area contributed by atoms with Crippen molar-refractivity contribution in [2.45, 2.75) is 26.2 Å². The van der Waals surface area contributed by atoms with E-state index in [0.29, 0.717) is 36.9 Å². The Labute approximate surface area is 162 Å². The number of hydrogen-bond acceptors (Lipinski definition) is 5. The monoisotopic (exact) mass is 379 g/mol. The molecule has 0 fully saturated rings. The minimum absolute atomic E-state index is 0.0590. The smallest absolute Gasteiger partial charge is 0.349 e. The van der Waals surface area contributed by atoms with Gasteiger partial charge in [-0.2, -0.15) is 0 Å². The standard InChI is InChI=1S/C22H21NO5/c1-2-6-20(24)27-17-10-9-16-13-18(22(26)28-19(16)14-17)21(25)23-12-11-15-7-4-3-5-8-15/h3-5,7-10,13-14H,2,6,11-12H2,1H3,(H,23,25). The number of esters is 1. The van der Waals surface area contributed by atoms with Crippen molar-refractivity contribution in [1.29, 1.82) is 0 Å². The fraction of sp³-hybridized carbons (Fsp3) is 0.227. The molecule has 0 saturated carbocycles.